The summed E-state index contributed by atoms with van der Waals surface area (Å²) in [7, 11) is 0. The minimum atomic E-state index is -0.386. The second-order valence-electron chi connectivity index (χ2n) is 4.99. The van der Waals surface area contributed by atoms with Crippen LogP contribution in [0.15, 0.2) is 22.7 Å². The first-order chi connectivity index (χ1) is 9.06. The van der Waals surface area contributed by atoms with Crippen molar-refractivity contribution >= 4 is 27.3 Å². The molecule has 5 nitrogen and oxygen atoms in total. The Kier molecular flexibility index (Phi) is 4.76. The van der Waals surface area contributed by atoms with Crippen LogP contribution in [0.5, 0.6) is 0 Å². The molecule has 2 unspecified atom stereocenters. The van der Waals surface area contributed by atoms with E-state index in [0.29, 0.717) is 22.6 Å². The van der Waals surface area contributed by atoms with Gasteiger partial charge in [-0.05, 0) is 37.3 Å². The van der Waals surface area contributed by atoms with Gasteiger partial charge in [-0.25, -0.2) is 0 Å². The van der Waals surface area contributed by atoms with Crippen molar-refractivity contribution in [1.29, 1.82) is 0 Å². The fourth-order valence-electron chi connectivity index (χ4n) is 2.51. The molecule has 1 saturated carbocycles. The maximum absolute atomic E-state index is 11.0. The molecular weight excluding hydrogens is 312 g/mol. The zero-order valence-electron chi connectivity index (χ0n) is 10.5. The average Bonchev–Trinajstić information content (AvgIpc) is 2.37. The highest BCUT2D eigenvalue weighted by molar-refractivity contribution is 9.10. The molecule has 2 rings (SSSR count). The molecule has 0 spiro atoms. The molecule has 2 N–H and O–H groups in total. The quantitative estimate of drug-likeness (QED) is 0.656. The van der Waals surface area contributed by atoms with Crippen LogP contribution in [-0.4, -0.2) is 22.7 Å². The molecule has 0 aliphatic heterocycles. The topological polar surface area (TPSA) is 75.4 Å². The molecule has 0 aromatic heterocycles. The summed E-state index contributed by atoms with van der Waals surface area (Å²) in [6, 6.07) is 4.99. The molecule has 19 heavy (non-hydrogen) atoms. The van der Waals surface area contributed by atoms with E-state index < -0.39 is 0 Å². The number of rotatable bonds is 4. The molecule has 1 aromatic rings. The van der Waals surface area contributed by atoms with Crippen molar-refractivity contribution in [3.8, 4) is 0 Å². The van der Waals surface area contributed by atoms with Gasteiger partial charge in [0.15, 0.2) is 0 Å². The lowest BCUT2D eigenvalue weighted by atomic mass is 9.87. The highest BCUT2D eigenvalue weighted by atomic mass is 79.9. The third-order valence-corrected chi connectivity index (χ3v) is 3.99. The molecular formula is C13H17BrN2O3. The van der Waals surface area contributed by atoms with Crippen molar-refractivity contribution in [2.45, 2.75) is 31.8 Å². The summed E-state index contributed by atoms with van der Waals surface area (Å²) in [5, 5.41) is 23.7. The lowest BCUT2D eigenvalue weighted by molar-refractivity contribution is -0.384. The number of aliphatic hydroxyl groups is 1. The Balaban J connectivity index is 2.01. The highest BCUT2D eigenvalue weighted by Gasteiger charge is 2.21. The molecule has 0 saturated heterocycles. The van der Waals surface area contributed by atoms with E-state index in [9.17, 15) is 15.2 Å². The van der Waals surface area contributed by atoms with E-state index in [2.05, 4.69) is 21.2 Å². The minimum absolute atomic E-state index is 0.0748. The van der Waals surface area contributed by atoms with Gasteiger partial charge in [-0.3, -0.25) is 10.1 Å². The number of hydrogen-bond donors (Lipinski definition) is 2. The van der Waals surface area contributed by atoms with Gasteiger partial charge in [0.1, 0.15) is 5.69 Å². The van der Waals surface area contributed by atoms with E-state index >= 15 is 0 Å². The molecule has 1 aromatic carbocycles. The monoisotopic (exact) mass is 328 g/mol. The number of nitro benzene ring substituents is 1. The fraction of sp³-hybridized carbons (Fsp3) is 0.538. The Hall–Kier alpha value is -1.14. The second-order valence-corrected chi connectivity index (χ2v) is 5.90. The van der Waals surface area contributed by atoms with Gasteiger partial charge in [-0.15, -0.1) is 0 Å². The van der Waals surface area contributed by atoms with Gasteiger partial charge in [-0.2, -0.15) is 0 Å². The maximum atomic E-state index is 11.0. The van der Waals surface area contributed by atoms with Gasteiger partial charge >= 0.3 is 0 Å². The van der Waals surface area contributed by atoms with E-state index in [4.69, 9.17) is 0 Å². The van der Waals surface area contributed by atoms with Crippen molar-refractivity contribution in [2.24, 2.45) is 5.92 Å². The van der Waals surface area contributed by atoms with Crippen molar-refractivity contribution < 1.29 is 10.0 Å². The van der Waals surface area contributed by atoms with Gasteiger partial charge in [0.05, 0.1) is 11.0 Å². The van der Waals surface area contributed by atoms with Crippen LogP contribution in [0.1, 0.15) is 25.7 Å². The lowest BCUT2D eigenvalue weighted by Gasteiger charge is -2.26. The van der Waals surface area contributed by atoms with Crippen LogP contribution in [0, 0.1) is 16.0 Å². The van der Waals surface area contributed by atoms with Gasteiger partial charge < -0.3 is 10.4 Å². The van der Waals surface area contributed by atoms with Crippen molar-refractivity contribution in [3.05, 3.63) is 32.8 Å². The predicted octanol–water partition coefficient (Wildman–Crippen LogP) is 3.32. The van der Waals surface area contributed by atoms with Gasteiger partial charge in [0.25, 0.3) is 5.69 Å². The molecule has 6 heteroatoms. The third-order valence-electron chi connectivity index (χ3n) is 3.49. The Morgan fingerprint density at radius 1 is 1.47 bits per heavy atom. The highest BCUT2D eigenvalue weighted by Crippen LogP contribution is 2.30. The largest absolute Gasteiger partial charge is 0.393 e. The summed E-state index contributed by atoms with van der Waals surface area (Å²) in [6.07, 6.45) is 3.51. The third kappa shape index (κ3) is 3.91. The second kappa shape index (κ2) is 6.34. The van der Waals surface area contributed by atoms with E-state index in [1.54, 1.807) is 12.1 Å². The summed E-state index contributed by atoms with van der Waals surface area (Å²) in [6.45, 7) is 0.666. The van der Waals surface area contributed by atoms with Gasteiger partial charge in [-0.1, -0.05) is 22.4 Å². The van der Waals surface area contributed by atoms with E-state index in [0.717, 1.165) is 25.7 Å². The van der Waals surface area contributed by atoms with E-state index in [1.807, 2.05) is 0 Å². The van der Waals surface area contributed by atoms with Crippen LogP contribution in [-0.2, 0) is 0 Å². The number of halogens is 1. The normalized spacial score (nSPS) is 23.1. The van der Waals surface area contributed by atoms with Crippen LogP contribution in [0.2, 0.25) is 0 Å². The molecule has 1 fully saturated rings. The van der Waals surface area contributed by atoms with Crippen LogP contribution in [0.25, 0.3) is 0 Å². The summed E-state index contributed by atoms with van der Waals surface area (Å²) in [4.78, 5) is 10.6. The van der Waals surface area contributed by atoms with Crippen LogP contribution >= 0.6 is 15.9 Å². The minimum Gasteiger partial charge on any atom is -0.393 e. The Morgan fingerprint density at radius 3 is 2.95 bits per heavy atom. The molecule has 2 atom stereocenters. The van der Waals surface area contributed by atoms with Gasteiger partial charge in [0, 0.05) is 17.1 Å². The number of benzene rings is 1. The van der Waals surface area contributed by atoms with Crippen molar-refractivity contribution in [3.63, 3.8) is 0 Å². The van der Waals surface area contributed by atoms with E-state index in [1.165, 1.54) is 6.07 Å². The lowest BCUT2D eigenvalue weighted by Crippen LogP contribution is -2.25. The van der Waals surface area contributed by atoms with Crippen LogP contribution in [0.3, 0.4) is 0 Å². The predicted molar refractivity (Wildman–Crippen MR) is 77.3 cm³/mol. The summed E-state index contributed by atoms with van der Waals surface area (Å²) >= 11 is 3.23. The maximum Gasteiger partial charge on any atom is 0.293 e. The van der Waals surface area contributed by atoms with E-state index in [-0.39, 0.29) is 16.7 Å². The molecule has 1 aliphatic rings. The number of nitrogens with zero attached hydrogens (tertiary/aromatic N) is 1. The van der Waals surface area contributed by atoms with Crippen molar-refractivity contribution in [1.82, 2.24) is 0 Å². The first-order valence-electron chi connectivity index (χ1n) is 6.42. The molecule has 0 amide bonds. The molecule has 104 valence electrons. The number of nitro groups is 1. The number of nitrogens with one attached hydrogen (secondary N) is 1. The van der Waals surface area contributed by atoms with Gasteiger partial charge in [0.2, 0.25) is 0 Å². The molecule has 0 radical (unpaired) electrons. The number of aliphatic hydroxyl groups excluding tert-OH is 1. The Labute approximate surface area is 120 Å². The number of anilines is 1. The summed E-state index contributed by atoms with van der Waals surface area (Å²) < 4.78 is 0.692. The Bertz CT molecular complexity index is 467. The zero-order chi connectivity index (χ0) is 13.8. The SMILES string of the molecule is O=[N+]([O-])c1cc(Br)ccc1NCC1CCCC(O)C1. The fourth-order valence-corrected chi connectivity index (χ4v) is 2.86. The number of hydrogen-bond acceptors (Lipinski definition) is 4. The smallest absolute Gasteiger partial charge is 0.293 e. The molecule has 0 heterocycles. The standard InChI is InChI=1S/C13H17BrN2O3/c14-10-4-5-12(13(7-10)16(18)19)15-8-9-2-1-3-11(17)6-9/h4-5,7,9,11,15,17H,1-3,6,8H2. The first-order valence-corrected chi connectivity index (χ1v) is 7.21. The summed E-state index contributed by atoms with van der Waals surface area (Å²) in [5.74, 6) is 0.381. The van der Waals surface area contributed by atoms with Crippen LogP contribution < -0.4 is 5.32 Å². The summed E-state index contributed by atoms with van der Waals surface area (Å²) in [5.41, 5.74) is 0.610. The molecule has 0 bridgehead atoms. The van der Waals surface area contributed by atoms with Crippen LogP contribution in [0.4, 0.5) is 11.4 Å². The van der Waals surface area contributed by atoms with Crippen molar-refractivity contribution in [2.75, 3.05) is 11.9 Å². The molecule has 1 aliphatic carbocycles. The first kappa shape index (κ1) is 14.3. The average molecular weight is 329 g/mol. The zero-order valence-corrected chi connectivity index (χ0v) is 12.1. The Morgan fingerprint density at radius 2 is 2.26 bits per heavy atom.